The van der Waals surface area contributed by atoms with E-state index in [-0.39, 0.29) is 5.95 Å². The summed E-state index contributed by atoms with van der Waals surface area (Å²) in [4.78, 5) is 9.82. The van der Waals surface area contributed by atoms with Gasteiger partial charge in [-0.05, 0) is 43.2 Å². The van der Waals surface area contributed by atoms with Crippen LogP contribution < -0.4 is 5.32 Å². The van der Waals surface area contributed by atoms with Crippen molar-refractivity contribution in [3.8, 4) is 11.3 Å². The lowest BCUT2D eigenvalue weighted by molar-refractivity contribution is -0.141. The maximum atomic E-state index is 12.9. The van der Waals surface area contributed by atoms with E-state index in [4.69, 9.17) is 4.74 Å². The molecule has 0 atom stereocenters. The van der Waals surface area contributed by atoms with E-state index in [0.717, 1.165) is 69.2 Å². The first kappa shape index (κ1) is 22.2. The maximum Gasteiger partial charge on any atom is 0.433 e. The Bertz CT molecular complexity index is 1050. The van der Waals surface area contributed by atoms with Gasteiger partial charge in [0.05, 0.1) is 19.4 Å². The molecule has 32 heavy (non-hydrogen) atoms. The molecule has 11 heteroatoms. The van der Waals surface area contributed by atoms with Crippen molar-refractivity contribution >= 4 is 11.6 Å². The molecule has 1 saturated heterocycles. The molecule has 1 fully saturated rings. The van der Waals surface area contributed by atoms with Crippen LogP contribution in [0, 0.1) is 6.92 Å². The molecule has 0 bridgehead atoms. The van der Waals surface area contributed by atoms with E-state index in [1.807, 2.05) is 19.2 Å². The van der Waals surface area contributed by atoms with Crippen LogP contribution in [0.4, 0.5) is 24.8 Å². The largest absolute Gasteiger partial charge is 0.433 e. The monoisotopic (exact) mass is 447 g/mol. The smallest absolute Gasteiger partial charge is 0.379 e. The number of morpholine rings is 1. The Balaban J connectivity index is 1.43. The Hall–Kier alpha value is -3.05. The molecular weight excluding hydrogens is 423 g/mol. The minimum Gasteiger partial charge on any atom is -0.379 e. The summed E-state index contributed by atoms with van der Waals surface area (Å²) < 4.78 is 45.9. The van der Waals surface area contributed by atoms with E-state index in [2.05, 4.69) is 30.5 Å². The molecule has 0 radical (unpaired) electrons. The second-order valence-electron chi connectivity index (χ2n) is 7.65. The van der Waals surface area contributed by atoms with Crippen LogP contribution in [0.5, 0.6) is 0 Å². The average molecular weight is 447 g/mol. The third-order valence-corrected chi connectivity index (χ3v) is 5.08. The summed E-state index contributed by atoms with van der Waals surface area (Å²) in [5.74, 6) is -0.122. The summed E-state index contributed by atoms with van der Waals surface area (Å²) in [6.45, 7) is 7.10. The Labute approximate surface area is 183 Å². The fourth-order valence-corrected chi connectivity index (χ4v) is 3.53. The Morgan fingerprint density at radius 3 is 2.72 bits per heavy atom. The molecule has 4 rings (SSSR count). The fourth-order valence-electron chi connectivity index (χ4n) is 3.53. The summed E-state index contributed by atoms with van der Waals surface area (Å²) >= 11 is 0. The van der Waals surface area contributed by atoms with Crippen molar-refractivity contribution in [1.82, 2.24) is 29.9 Å². The van der Waals surface area contributed by atoms with E-state index in [1.54, 1.807) is 16.8 Å². The predicted molar refractivity (Wildman–Crippen MR) is 112 cm³/mol. The minimum atomic E-state index is -4.53. The second kappa shape index (κ2) is 9.61. The molecular formula is C21H24F3N7O. The lowest BCUT2D eigenvalue weighted by Gasteiger charge is -2.26. The lowest BCUT2D eigenvalue weighted by Crippen LogP contribution is -2.37. The first-order valence-electron chi connectivity index (χ1n) is 10.4. The Morgan fingerprint density at radius 1 is 1.12 bits per heavy atom. The van der Waals surface area contributed by atoms with Gasteiger partial charge in [-0.3, -0.25) is 9.58 Å². The summed E-state index contributed by atoms with van der Waals surface area (Å²) in [6.07, 6.45) is -0.621. The predicted octanol–water partition coefficient (Wildman–Crippen LogP) is 3.53. The van der Waals surface area contributed by atoms with Crippen LogP contribution >= 0.6 is 0 Å². The van der Waals surface area contributed by atoms with Gasteiger partial charge >= 0.3 is 6.18 Å². The molecule has 2 aromatic heterocycles. The van der Waals surface area contributed by atoms with Gasteiger partial charge in [-0.1, -0.05) is 5.21 Å². The van der Waals surface area contributed by atoms with Crippen LogP contribution in [0.3, 0.4) is 0 Å². The number of anilines is 2. The van der Waals surface area contributed by atoms with Crippen molar-refractivity contribution in [3.05, 3.63) is 47.9 Å². The fraction of sp³-hybridized carbons (Fsp3) is 0.429. The van der Waals surface area contributed by atoms with E-state index >= 15 is 0 Å². The van der Waals surface area contributed by atoms with E-state index in [0.29, 0.717) is 11.4 Å². The topological polar surface area (TPSA) is 81.0 Å². The summed E-state index contributed by atoms with van der Waals surface area (Å²) in [6, 6.07) is 6.38. The zero-order chi connectivity index (χ0) is 22.6. The highest BCUT2D eigenvalue weighted by atomic mass is 19.4. The van der Waals surface area contributed by atoms with Gasteiger partial charge in [0.25, 0.3) is 0 Å². The number of ether oxygens (including phenoxy) is 1. The summed E-state index contributed by atoms with van der Waals surface area (Å²) in [5.41, 5.74) is 1.98. The highest BCUT2D eigenvalue weighted by molar-refractivity contribution is 5.68. The van der Waals surface area contributed by atoms with Crippen molar-refractivity contribution in [1.29, 1.82) is 0 Å². The molecule has 1 aliphatic rings. The van der Waals surface area contributed by atoms with E-state index in [9.17, 15) is 13.2 Å². The molecule has 3 heterocycles. The van der Waals surface area contributed by atoms with Crippen LogP contribution in [0.15, 0.2) is 36.7 Å². The van der Waals surface area contributed by atoms with E-state index < -0.39 is 11.9 Å². The van der Waals surface area contributed by atoms with Gasteiger partial charge < -0.3 is 10.1 Å². The molecule has 1 aliphatic heterocycles. The number of aryl methyl sites for hydroxylation is 2. The highest BCUT2D eigenvalue weighted by Crippen LogP contribution is 2.29. The average Bonchev–Trinajstić information content (AvgIpc) is 3.23. The Morgan fingerprint density at radius 2 is 1.94 bits per heavy atom. The molecule has 170 valence electrons. The maximum absolute atomic E-state index is 12.9. The molecule has 1 N–H and O–H groups in total. The molecule has 1 aromatic carbocycles. The number of aromatic nitrogens is 5. The first-order valence-corrected chi connectivity index (χ1v) is 10.4. The zero-order valence-electron chi connectivity index (χ0n) is 17.6. The molecule has 8 nitrogen and oxygen atoms in total. The normalized spacial score (nSPS) is 15.1. The van der Waals surface area contributed by atoms with Gasteiger partial charge in [0.15, 0.2) is 0 Å². The lowest BCUT2D eigenvalue weighted by atomic mass is 10.1. The SMILES string of the molecule is Cc1cc(Nc2nccc(C(F)(F)F)n2)cc(-c2cn(CCCN3CCOCC3)nn2)c1. The third kappa shape index (κ3) is 5.80. The summed E-state index contributed by atoms with van der Waals surface area (Å²) in [7, 11) is 0. The highest BCUT2D eigenvalue weighted by Gasteiger charge is 2.32. The number of rotatable bonds is 7. The standard InChI is InChI=1S/C21H24F3N7O/c1-15-11-16(13-17(12-15)26-20-25-4-3-19(27-20)21(22,23)24)18-14-31(29-28-18)6-2-5-30-7-9-32-10-8-30/h3-4,11-14H,2,5-10H2,1H3,(H,25,26,27). The van der Waals surface area contributed by atoms with Crippen LogP contribution in [-0.4, -0.2) is 62.7 Å². The van der Waals surface area contributed by atoms with E-state index in [1.165, 1.54) is 0 Å². The van der Waals surface area contributed by atoms with Gasteiger partial charge in [0.1, 0.15) is 11.4 Å². The van der Waals surface area contributed by atoms with Crippen LogP contribution in [0.2, 0.25) is 0 Å². The van der Waals surface area contributed by atoms with Gasteiger partial charge in [-0.15, -0.1) is 5.10 Å². The van der Waals surface area contributed by atoms with Crippen molar-refractivity contribution in [2.75, 3.05) is 38.2 Å². The molecule has 0 saturated carbocycles. The molecule has 0 spiro atoms. The molecule has 0 aliphatic carbocycles. The molecule has 0 unspecified atom stereocenters. The van der Waals surface area contributed by atoms with Gasteiger partial charge in [-0.25, -0.2) is 9.97 Å². The number of benzene rings is 1. The van der Waals surface area contributed by atoms with Gasteiger partial charge in [0.2, 0.25) is 5.95 Å². The number of hydrogen-bond acceptors (Lipinski definition) is 7. The second-order valence-corrected chi connectivity index (χ2v) is 7.65. The van der Waals surface area contributed by atoms with Gasteiger partial charge in [-0.2, -0.15) is 13.2 Å². The quantitative estimate of drug-likeness (QED) is 0.594. The Kier molecular flexibility index (Phi) is 6.66. The minimum absolute atomic E-state index is 0.122. The van der Waals surface area contributed by atoms with Crippen LogP contribution in [0.25, 0.3) is 11.3 Å². The number of halogens is 3. The zero-order valence-corrected chi connectivity index (χ0v) is 17.6. The first-order chi connectivity index (χ1) is 15.4. The molecule has 3 aromatic rings. The molecule has 0 amide bonds. The van der Waals surface area contributed by atoms with Crippen LogP contribution in [0.1, 0.15) is 17.7 Å². The number of nitrogens with one attached hydrogen (secondary N) is 1. The number of hydrogen-bond donors (Lipinski definition) is 1. The van der Waals surface area contributed by atoms with Crippen molar-refractivity contribution in [2.45, 2.75) is 26.1 Å². The van der Waals surface area contributed by atoms with Crippen molar-refractivity contribution in [2.24, 2.45) is 0 Å². The third-order valence-electron chi connectivity index (χ3n) is 5.08. The number of nitrogens with zero attached hydrogens (tertiary/aromatic N) is 6. The van der Waals surface area contributed by atoms with Crippen molar-refractivity contribution in [3.63, 3.8) is 0 Å². The van der Waals surface area contributed by atoms with Gasteiger partial charge in [0, 0.05) is 43.6 Å². The van der Waals surface area contributed by atoms with Crippen molar-refractivity contribution < 1.29 is 17.9 Å². The number of alkyl halides is 3. The summed E-state index contributed by atoms with van der Waals surface area (Å²) in [5, 5.41) is 11.3. The van der Waals surface area contributed by atoms with Crippen LogP contribution in [-0.2, 0) is 17.5 Å².